The summed E-state index contributed by atoms with van der Waals surface area (Å²) in [4.78, 5) is 11.0. The van der Waals surface area contributed by atoms with Crippen LogP contribution in [-0.4, -0.2) is 6.29 Å². The van der Waals surface area contributed by atoms with E-state index in [0.29, 0.717) is 11.5 Å². The van der Waals surface area contributed by atoms with Gasteiger partial charge in [-0.3, -0.25) is 4.79 Å². The smallest absolute Gasteiger partial charge is 0.150 e. The summed E-state index contributed by atoms with van der Waals surface area (Å²) >= 11 is 0. The topological polar surface area (TPSA) is 29.5 Å². The van der Waals surface area contributed by atoms with Gasteiger partial charge in [0.2, 0.25) is 0 Å². The Morgan fingerprint density at radius 2 is 1.42 bits per heavy atom. The van der Waals surface area contributed by atoms with Gasteiger partial charge in [-0.1, -0.05) is 77.8 Å². The number of nitrogens with zero attached hydrogens (tertiary/aromatic N) is 1. The van der Waals surface area contributed by atoms with Crippen molar-refractivity contribution in [2.24, 2.45) is 5.92 Å². The number of halogens is 2. The zero-order valence-corrected chi connectivity index (χ0v) is 17.8. The highest BCUT2D eigenvalue weighted by Crippen LogP contribution is 2.30. The molecule has 0 aliphatic rings. The second kappa shape index (κ2) is 10.7. The first-order chi connectivity index (χ1) is 15.0. The molecule has 0 amide bonds. The van der Waals surface area contributed by atoms with Crippen LogP contribution in [0, 0.1) is 5.92 Å². The van der Waals surface area contributed by atoms with Crippen LogP contribution in [0.2, 0.25) is 0 Å². The third kappa shape index (κ3) is 6.38. The zero-order chi connectivity index (χ0) is 22.2. The lowest BCUT2D eigenvalue weighted by Gasteiger charge is -2.20. The van der Waals surface area contributed by atoms with E-state index in [4.69, 9.17) is 4.74 Å². The molecule has 3 rings (SSSR count). The van der Waals surface area contributed by atoms with E-state index in [0.717, 1.165) is 48.0 Å². The maximum Gasteiger partial charge on any atom is 0.150 e. The van der Waals surface area contributed by atoms with Crippen LogP contribution in [0.3, 0.4) is 0 Å². The standard InChI is InChI=1S/C26H27F2NO2/c1-19(2)4-3-5-26(23-8-6-20(18-30)7-9-23)31-25-16-12-22(13-17-25)21-10-14-24(15-11-21)29(27)28/h6-19,26H,3-5H2,1-2H3. The fourth-order valence-electron chi connectivity index (χ4n) is 3.45. The molecule has 0 spiro atoms. The summed E-state index contributed by atoms with van der Waals surface area (Å²) in [6.45, 7) is 4.41. The van der Waals surface area contributed by atoms with Gasteiger partial charge in [0.1, 0.15) is 23.8 Å². The Morgan fingerprint density at radius 3 is 1.94 bits per heavy atom. The van der Waals surface area contributed by atoms with Gasteiger partial charge in [0.05, 0.1) is 0 Å². The lowest BCUT2D eigenvalue weighted by atomic mass is 9.99. The highest BCUT2D eigenvalue weighted by Gasteiger charge is 2.14. The second-order valence-corrected chi connectivity index (χ2v) is 8.02. The van der Waals surface area contributed by atoms with E-state index in [1.54, 1.807) is 12.1 Å². The molecule has 5 heteroatoms. The number of rotatable bonds is 10. The summed E-state index contributed by atoms with van der Waals surface area (Å²) in [7, 11) is 0. The Morgan fingerprint density at radius 1 is 0.839 bits per heavy atom. The molecule has 0 saturated carbocycles. The molecule has 0 bridgehead atoms. The number of carbonyl (C=O) groups excluding carboxylic acids is 1. The van der Waals surface area contributed by atoms with Crippen molar-refractivity contribution in [3.8, 4) is 16.9 Å². The average Bonchev–Trinajstić information content (AvgIpc) is 2.79. The van der Waals surface area contributed by atoms with Crippen molar-refractivity contribution in [1.82, 2.24) is 0 Å². The molecular weight excluding hydrogens is 396 g/mol. The molecule has 3 aromatic rings. The number of benzene rings is 3. The van der Waals surface area contributed by atoms with Crippen molar-refractivity contribution >= 4 is 12.0 Å². The molecule has 3 aromatic carbocycles. The lowest BCUT2D eigenvalue weighted by molar-refractivity contribution is 0.112. The van der Waals surface area contributed by atoms with Gasteiger partial charge in [0.25, 0.3) is 0 Å². The molecule has 162 valence electrons. The van der Waals surface area contributed by atoms with Gasteiger partial charge in [-0.2, -0.15) is 0 Å². The molecule has 31 heavy (non-hydrogen) atoms. The number of ether oxygens (including phenoxy) is 1. The fraction of sp³-hybridized carbons (Fsp3) is 0.269. The van der Waals surface area contributed by atoms with Gasteiger partial charge in [-0.25, -0.2) is 0 Å². The van der Waals surface area contributed by atoms with Crippen molar-refractivity contribution in [1.29, 1.82) is 0 Å². The van der Waals surface area contributed by atoms with Crippen LogP contribution in [0.25, 0.3) is 11.1 Å². The van der Waals surface area contributed by atoms with E-state index in [2.05, 4.69) is 13.8 Å². The molecule has 0 saturated heterocycles. The van der Waals surface area contributed by atoms with E-state index >= 15 is 0 Å². The maximum atomic E-state index is 12.6. The summed E-state index contributed by atoms with van der Waals surface area (Å²) in [5, 5.41) is -0.901. The largest absolute Gasteiger partial charge is 0.486 e. The first-order valence-electron chi connectivity index (χ1n) is 10.5. The van der Waals surface area contributed by atoms with Crippen LogP contribution in [0.4, 0.5) is 14.6 Å². The summed E-state index contributed by atoms with van der Waals surface area (Å²) < 4.78 is 31.5. The van der Waals surface area contributed by atoms with Gasteiger partial charge in [0.15, 0.2) is 0 Å². The number of anilines is 1. The minimum absolute atomic E-state index is 0.107. The summed E-state index contributed by atoms with van der Waals surface area (Å²) in [5.74, 6) is 1.37. The minimum atomic E-state index is -0.901. The normalized spacial score (nSPS) is 11.9. The minimum Gasteiger partial charge on any atom is -0.486 e. The quantitative estimate of drug-likeness (QED) is 0.247. The molecule has 0 aliphatic carbocycles. The van der Waals surface area contributed by atoms with Gasteiger partial charge in [0, 0.05) is 5.56 Å². The Labute approximate surface area is 182 Å². The van der Waals surface area contributed by atoms with E-state index in [9.17, 15) is 13.8 Å². The third-order valence-corrected chi connectivity index (χ3v) is 5.22. The van der Waals surface area contributed by atoms with Crippen molar-refractivity contribution in [2.75, 3.05) is 5.34 Å². The van der Waals surface area contributed by atoms with Crippen molar-refractivity contribution in [3.05, 3.63) is 83.9 Å². The summed E-state index contributed by atoms with van der Waals surface area (Å²) in [6, 6.07) is 21.2. The monoisotopic (exact) mass is 423 g/mol. The summed E-state index contributed by atoms with van der Waals surface area (Å²) in [5.41, 5.74) is 3.32. The van der Waals surface area contributed by atoms with Gasteiger partial charge >= 0.3 is 0 Å². The average molecular weight is 424 g/mol. The van der Waals surface area contributed by atoms with E-state index in [-0.39, 0.29) is 11.8 Å². The molecular formula is C26H27F2NO2. The first kappa shape index (κ1) is 22.5. The molecule has 0 fully saturated rings. The zero-order valence-electron chi connectivity index (χ0n) is 17.8. The Hall–Kier alpha value is -3.21. The van der Waals surface area contributed by atoms with Crippen molar-refractivity contribution in [2.45, 2.75) is 39.2 Å². The molecule has 0 aromatic heterocycles. The lowest BCUT2D eigenvalue weighted by Crippen LogP contribution is -2.08. The van der Waals surface area contributed by atoms with Crippen molar-refractivity contribution < 1.29 is 18.5 Å². The predicted molar refractivity (Wildman–Crippen MR) is 120 cm³/mol. The van der Waals surface area contributed by atoms with E-state index in [1.807, 2.05) is 48.5 Å². The van der Waals surface area contributed by atoms with Gasteiger partial charge < -0.3 is 4.74 Å². The van der Waals surface area contributed by atoms with Crippen molar-refractivity contribution in [3.63, 3.8) is 0 Å². The van der Waals surface area contributed by atoms with Gasteiger partial charge in [-0.15, -0.1) is 0 Å². The Balaban J connectivity index is 1.74. The molecule has 0 heterocycles. The highest BCUT2D eigenvalue weighted by molar-refractivity contribution is 5.74. The number of hydrogen-bond acceptors (Lipinski definition) is 3. The number of carbonyl (C=O) groups is 1. The SMILES string of the molecule is CC(C)CCCC(Oc1ccc(-c2ccc(N(F)F)cc2)cc1)c1ccc(C=O)cc1. The first-order valence-corrected chi connectivity index (χ1v) is 10.5. The molecule has 0 N–H and O–H groups in total. The Kier molecular flexibility index (Phi) is 7.76. The number of hydrogen-bond donors (Lipinski definition) is 0. The van der Waals surface area contributed by atoms with Crippen LogP contribution in [-0.2, 0) is 0 Å². The second-order valence-electron chi connectivity index (χ2n) is 8.02. The van der Waals surface area contributed by atoms with Crippen LogP contribution in [0.5, 0.6) is 5.75 Å². The fourth-order valence-corrected chi connectivity index (χ4v) is 3.45. The van der Waals surface area contributed by atoms with Crippen LogP contribution in [0.1, 0.15) is 55.1 Å². The maximum absolute atomic E-state index is 12.6. The van der Waals surface area contributed by atoms with Crippen LogP contribution >= 0.6 is 0 Å². The summed E-state index contributed by atoms with van der Waals surface area (Å²) in [6.07, 6.45) is 3.77. The molecule has 3 nitrogen and oxygen atoms in total. The third-order valence-electron chi connectivity index (χ3n) is 5.22. The molecule has 1 atom stereocenters. The van der Waals surface area contributed by atoms with Gasteiger partial charge in [-0.05, 0) is 65.1 Å². The van der Waals surface area contributed by atoms with E-state index < -0.39 is 5.34 Å². The predicted octanol–water partition coefficient (Wildman–Crippen LogP) is 7.69. The van der Waals surface area contributed by atoms with E-state index in [1.165, 1.54) is 12.1 Å². The number of aldehydes is 1. The molecule has 0 aliphatic heterocycles. The van der Waals surface area contributed by atoms with Crippen LogP contribution in [0.15, 0.2) is 72.8 Å². The van der Waals surface area contributed by atoms with Crippen LogP contribution < -0.4 is 10.1 Å². The highest BCUT2D eigenvalue weighted by atomic mass is 19.4. The Bertz CT molecular complexity index is 952. The molecule has 1 unspecified atom stereocenters. The molecule has 0 radical (unpaired) electrons.